The molecule has 1 heterocycles. The van der Waals surface area contributed by atoms with E-state index in [1.54, 1.807) is 74.7 Å². The Labute approximate surface area is 233 Å². The SMILES string of the molecule is CCOC(=O)c1cccc(N2C(=O)C(=O)/C(=C(/O)c3ccc(OCC(C)C)c(C)c3)C2c2ccc(OC)cc2)c1. The van der Waals surface area contributed by atoms with Crippen LogP contribution in [0.15, 0.2) is 72.3 Å². The highest BCUT2D eigenvalue weighted by Gasteiger charge is 2.47. The Morgan fingerprint density at radius 3 is 2.35 bits per heavy atom. The summed E-state index contributed by atoms with van der Waals surface area (Å²) in [6.45, 7) is 8.40. The highest BCUT2D eigenvalue weighted by Crippen LogP contribution is 2.43. The predicted molar refractivity (Wildman–Crippen MR) is 152 cm³/mol. The number of hydrogen-bond acceptors (Lipinski definition) is 7. The van der Waals surface area contributed by atoms with Crippen LogP contribution in [-0.2, 0) is 14.3 Å². The molecule has 0 saturated carbocycles. The molecule has 1 N–H and O–H groups in total. The van der Waals surface area contributed by atoms with Gasteiger partial charge in [-0.25, -0.2) is 4.79 Å². The van der Waals surface area contributed by atoms with Crippen molar-refractivity contribution in [2.24, 2.45) is 5.92 Å². The average Bonchev–Trinajstić information content (AvgIpc) is 3.22. The summed E-state index contributed by atoms with van der Waals surface area (Å²) < 4.78 is 16.3. The maximum atomic E-state index is 13.5. The van der Waals surface area contributed by atoms with E-state index in [-0.39, 0.29) is 23.5 Å². The Morgan fingerprint density at radius 1 is 1.00 bits per heavy atom. The Balaban J connectivity index is 1.85. The Kier molecular flexibility index (Phi) is 8.58. The van der Waals surface area contributed by atoms with Gasteiger partial charge in [-0.15, -0.1) is 0 Å². The van der Waals surface area contributed by atoms with Gasteiger partial charge >= 0.3 is 5.97 Å². The van der Waals surface area contributed by atoms with Crippen molar-refractivity contribution >= 4 is 29.1 Å². The molecule has 1 saturated heterocycles. The van der Waals surface area contributed by atoms with Crippen LogP contribution >= 0.6 is 0 Å². The third-order valence-electron chi connectivity index (χ3n) is 6.53. The number of aryl methyl sites for hydroxylation is 1. The second-order valence-corrected chi connectivity index (χ2v) is 9.90. The Morgan fingerprint density at radius 2 is 1.73 bits per heavy atom. The second-order valence-electron chi connectivity index (χ2n) is 9.90. The minimum Gasteiger partial charge on any atom is -0.507 e. The minimum atomic E-state index is -0.958. The predicted octanol–water partition coefficient (Wildman–Crippen LogP) is 5.84. The molecule has 1 amide bonds. The first-order valence-corrected chi connectivity index (χ1v) is 13.1. The molecule has 1 aliphatic rings. The number of carbonyl (C=O) groups excluding carboxylic acids is 3. The molecule has 8 nitrogen and oxygen atoms in total. The first-order chi connectivity index (χ1) is 19.2. The lowest BCUT2D eigenvalue weighted by Crippen LogP contribution is -2.29. The van der Waals surface area contributed by atoms with Gasteiger partial charge in [0.1, 0.15) is 17.3 Å². The number of anilines is 1. The van der Waals surface area contributed by atoms with Gasteiger partial charge in [0.2, 0.25) is 0 Å². The molecule has 208 valence electrons. The molecule has 1 fully saturated rings. The number of rotatable bonds is 9. The van der Waals surface area contributed by atoms with E-state index in [1.165, 1.54) is 11.0 Å². The summed E-state index contributed by atoms with van der Waals surface area (Å²) in [5.41, 5.74) is 2.24. The van der Waals surface area contributed by atoms with Gasteiger partial charge in [0.05, 0.1) is 37.5 Å². The van der Waals surface area contributed by atoms with E-state index in [0.29, 0.717) is 40.8 Å². The lowest BCUT2D eigenvalue weighted by molar-refractivity contribution is -0.132. The van der Waals surface area contributed by atoms with Crippen molar-refractivity contribution in [2.75, 3.05) is 25.2 Å². The number of esters is 1. The van der Waals surface area contributed by atoms with E-state index >= 15 is 0 Å². The van der Waals surface area contributed by atoms with E-state index < -0.39 is 23.7 Å². The summed E-state index contributed by atoms with van der Waals surface area (Å²) in [6, 6.07) is 17.4. The second kappa shape index (κ2) is 12.1. The van der Waals surface area contributed by atoms with Crippen LogP contribution in [-0.4, -0.2) is 43.1 Å². The molecule has 40 heavy (non-hydrogen) atoms. The maximum Gasteiger partial charge on any atom is 0.338 e. The summed E-state index contributed by atoms with van der Waals surface area (Å²) in [4.78, 5) is 40.7. The molecule has 0 radical (unpaired) electrons. The van der Waals surface area contributed by atoms with Crippen LogP contribution in [0.2, 0.25) is 0 Å². The smallest absolute Gasteiger partial charge is 0.338 e. The Bertz CT molecular complexity index is 1460. The van der Waals surface area contributed by atoms with Crippen molar-refractivity contribution < 1.29 is 33.7 Å². The first-order valence-electron chi connectivity index (χ1n) is 13.1. The van der Waals surface area contributed by atoms with E-state index in [9.17, 15) is 19.5 Å². The van der Waals surface area contributed by atoms with Gasteiger partial charge in [-0.2, -0.15) is 0 Å². The van der Waals surface area contributed by atoms with Crippen LogP contribution in [0.3, 0.4) is 0 Å². The lowest BCUT2D eigenvalue weighted by atomic mass is 9.94. The van der Waals surface area contributed by atoms with E-state index in [2.05, 4.69) is 13.8 Å². The molecule has 4 rings (SSSR count). The number of benzene rings is 3. The number of ether oxygens (including phenoxy) is 3. The summed E-state index contributed by atoms with van der Waals surface area (Å²) >= 11 is 0. The van der Waals surface area contributed by atoms with Crippen LogP contribution in [0.5, 0.6) is 11.5 Å². The quantitative estimate of drug-likeness (QED) is 0.157. The van der Waals surface area contributed by atoms with Gasteiger partial charge < -0.3 is 19.3 Å². The van der Waals surface area contributed by atoms with Gasteiger partial charge in [-0.1, -0.05) is 32.0 Å². The monoisotopic (exact) mass is 543 g/mol. The number of aliphatic hydroxyl groups excluding tert-OH is 1. The fourth-order valence-electron chi connectivity index (χ4n) is 4.57. The van der Waals surface area contributed by atoms with Gasteiger partial charge in [0.25, 0.3) is 11.7 Å². The van der Waals surface area contributed by atoms with Crippen LogP contribution < -0.4 is 14.4 Å². The number of Topliss-reactive ketones (excluding diaryl/α,β-unsaturated/α-hetero) is 1. The number of carbonyl (C=O) groups is 3. The first kappa shape index (κ1) is 28.4. The molecular formula is C32H33NO7. The van der Waals surface area contributed by atoms with Crippen LogP contribution in [0.25, 0.3) is 5.76 Å². The normalized spacial score (nSPS) is 16.4. The molecule has 3 aromatic rings. The van der Waals surface area contributed by atoms with Gasteiger partial charge in [0, 0.05) is 11.3 Å². The zero-order valence-corrected chi connectivity index (χ0v) is 23.3. The van der Waals surface area contributed by atoms with Gasteiger partial charge in [-0.05, 0) is 79.4 Å². The summed E-state index contributed by atoms with van der Waals surface area (Å²) in [5.74, 6) is -0.894. The number of aliphatic hydroxyl groups is 1. The highest BCUT2D eigenvalue weighted by molar-refractivity contribution is 6.51. The fraction of sp³-hybridized carbons (Fsp3) is 0.281. The molecule has 1 atom stereocenters. The standard InChI is InChI=1S/C32H33NO7/c1-6-39-32(37)23-8-7-9-24(17-23)33-28(21-10-13-25(38-5)14-11-21)27(30(35)31(33)36)29(34)22-12-15-26(20(4)16-22)40-18-19(2)3/h7-17,19,28,34H,6,18H2,1-5H3/b29-27+. The van der Waals surface area contributed by atoms with Gasteiger partial charge in [0.15, 0.2) is 0 Å². The fourth-order valence-corrected chi connectivity index (χ4v) is 4.57. The molecular weight excluding hydrogens is 510 g/mol. The van der Waals surface area contributed by atoms with Crippen molar-refractivity contribution in [1.29, 1.82) is 0 Å². The van der Waals surface area contributed by atoms with Crippen LogP contribution in [0.1, 0.15) is 53.9 Å². The molecule has 1 unspecified atom stereocenters. The highest BCUT2D eigenvalue weighted by atomic mass is 16.5. The summed E-state index contributed by atoms with van der Waals surface area (Å²) in [6.07, 6.45) is 0. The average molecular weight is 544 g/mol. The van der Waals surface area contributed by atoms with E-state index in [4.69, 9.17) is 14.2 Å². The van der Waals surface area contributed by atoms with Crippen molar-refractivity contribution in [2.45, 2.75) is 33.7 Å². The summed E-state index contributed by atoms with van der Waals surface area (Å²) in [5, 5.41) is 11.5. The molecule has 0 spiro atoms. The van der Waals surface area contributed by atoms with Crippen molar-refractivity contribution in [3.63, 3.8) is 0 Å². The largest absolute Gasteiger partial charge is 0.507 e. The topological polar surface area (TPSA) is 102 Å². The number of amides is 1. The number of ketones is 1. The lowest BCUT2D eigenvalue weighted by Gasteiger charge is -2.26. The van der Waals surface area contributed by atoms with E-state index in [1.807, 2.05) is 6.92 Å². The van der Waals surface area contributed by atoms with Crippen molar-refractivity contribution in [3.05, 3.63) is 94.6 Å². The number of hydrogen-bond donors (Lipinski definition) is 1. The van der Waals surface area contributed by atoms with Crippen LogP contribution in [0.4, 0.5) is 5.69 Å². The molecule has 0 aromatic heterocycles. The minimum absolute atomic E-state index is 0.0630. The molecule has 0 bridgehead atoms. The number of methoxy groups -OCH3 is 1. The number of nitrogens with zero attached hydrogens (tertiary/aromatic N) is 1. The molecule has 3 aromatic carbocycles. The Hall–Kier alpha value is -4.59. The zero-order valence-electron chi connectivity index (χ0n) is 23.3. The van der Waals surface area contributed by atoms with Crippen molar-refractivity contribution in [3.8, 4) is 11.5 Å². The van der Waals surface area contributed by atoms with Crippen molar-refractivity contribution in [1.82, 2.24) is 0 Å². The van der Waals surface area contributed by atoms with Gasteiger partial charge in [-0.3, -0.25) is 14.5 Å². The third-order valence-corrected chi connectivity index (χ3v) is 6.53. The van der Waals surface area contributed by atoms with E-state index in [0.717, 1.165) is 5.56 Å². The molecule has 8 heteroatoms. The molecule has 0 aliphatic carbocycles. The third kappa shape index (κ3) is 5.71. The maximum absolute atomic E-state index is 13.5. The molecule has 1 aliphatic heterocycles. The zero-order chi connectivity index (χ0) is 29.0. The van der Waals surface area contributed by atoms with Crippen LogP contribution in [0, 0.1) is 12.8 Å². The summed E-state index contributed by atoms with van der Waals surface area (Å²) in [7, 11) is 1.54.